The van der Waals surface area contributed by atoms with Gasteiger partial charge in [-0.25, -0.2) is 4.79 Å². The molecule has 0 bridgehead atoms. The van der Waals surface area contributed by atoms with Crippen molar-refractivity contribution in [3.05, 3.63) is 23.9 Å². The Morgan fingerprint density at radius 2 is 2.07 bits per heavy atom. The molecule has 0 saturated carbocycles. The molecular formula is C19H29N3O5. The molecule has 0 atom stereocenters. The van der Waals surface area contributed by atoms with E-state index in [1.54, 1.807) is 11.8 Å². The van der Waals surface area contributed by atoms with Crippen molar-refractivity contribution in [1.82, 2.24) is 15.1 Å². The predicted octanol–water partition coefficient (Wildman–Crippen LogP) is 2.47. The monoisotopic (exact) mass is 379 g/mol. The minimum atomic E-state index is -0.546. The molecule has 2 N–H and O–H groups in total. The second kappa shape index (κ2) is 9.57. The van der Waals surface area contributed by atoms with Crippen LogP contribution in [-0.4, -0.2) is 53.4 Å². The van der Waals surface area contributed by atoms with E-state index in [0.29, 0.717) is 43.3 Å². The zero-order valence-electron chi connectivity index (χ0n) is 16.4. The van der Waals surface area contributed by atoms with E-state index in [1.165, 1.54) is 0 Å². The lowest BCUT2D eigenvalue weighted by Crippen LogP contribution is -2.34. The third-order valence-electron chi connectivity index (χ3n) is 3.73. The van der Waals surface area contributed by atoms with Crippen molar-refractivity contribution in [1.29, 1.82) is 0 Å². The Kier molecular flexibility index (Phi) is 7.44. The second-order valence-electron chi connectivity index (χ2n) is 7.10. The molecule has 1 aromatic carbocycles. The topological polar surface area (TPSA) is 94.8 Å². The second-order valence-corrected chi connectivity index (χ2v) is 7.10. The first-order chi connectivity index (χ1) is 12.9. The van der Waals surface area contributed by atoms with Crippen molar-refractivity contribution in [3.63, 3.8) is 0 Å². The number of alkyl carbamates (subject to hydrolysis) is 1. The van der Waals surface area contributed by atoms with Crippen LogP contribution in [0.25, 0.3) is 10.9 Å². The lowest BCUT2D eigenvalue weighted by molar-refractivity contribution is 0.0525. The Balaban J connectivity index is 2.07. The number of ether oxygens (including phenoxy) is 3. The highest BCUT2D eigenvalue weighted by Crippen LogP contribution is 2.27. The van der Waals surface area contributed by atoms with Gasteiger partial charge in [0.1, 0.15) is 16.9 Å². The fourth-order valence-electron chi connectivity index (χ4n) is 2.61. The summed E-state index contributed by atoms with van der Waals surface area (Å²) in [7, 11) is 1.65. The van der Waals surface area contributed by atoms with E-state index >= 15 is 0 Å². The molecule has 150 valence electrons. The fourth-order valence-corrected chi connectivity index (χ4v) is 2.61. The number of methoxy groups -OCH3 is 1. The number of carbonyl (C=O) groups excluding carboxylic acids is 1. The highest BCUT2D eigenvalue weighted by Gasteiger charge is 2.17. The van der Waals surface area contributed by atoms with Crippen molar-refractivity contribution in [3.8, 4) is 5.75 Å². The molecule has 1 aromatic heterocycles. The van der Waals surface area contributed by atoms with Crippen LogP contribution in [0.5, 0.6) is 5.75 Å². The number of nitrogens with one attached hydrogen (secondary N) is 1. The van der Waals surface area contributed by atoms with E-state index in [9.17, 15) is 9.90 Å². The summed E-state index contributed by atoms with van der Waals surface area (Å²) >= 11 is 0. The Labute approximate surface area is 159 Å². The van der Waals surface area contributed by atoms with Crippen LogP contribution in [0.15, 0.2) is 18.2 Å². The van der Waals surface area contributed by atoms with Crippen LogP contribution in [-0.2, 0) is 22.6 Å². The van der Waals surface area contributed by atoms with Gasteiger partial charge >= 0.3 is 6.09 Å². The molecule has 27 heavy (non-hydrogen) atoms. The van der Waals surface area contributed by atoms with Crippen molar-refractivity contribution in [2.24, 2.45) is 0 Å². The summed E-state index contributed by atoms with van der Waals surface area (Å²) in [6.07, 6.45) is 0.298. The van der Waals surface area contributed by atoms with Crippen LogP contribution in [0.3, 0.4) is 0 Å². The average Bonchev–Trinajstić information content (AvgIpc) is 2.95. The number of carbonyl (C=O) groups is 1. The third-order valence-corrected chi connectivity index (χ3v) is 3.73. The first kappa shape index (κ1) is 21.0. The van der Waals surface area contributed by atoms with Crippen LogP contribution in [0.2, 0.25) is 0 Å². The Morgan fingerprint density at radius 1 is 1.30 bits per heavy atom. The van der Waals surface area contributed by atoms with Gasteiger partial charge in [0.2, 0.25) is 0 Å². The number of hydrogen-bond donors (Lipinski definition) is 2. The largest absolute Gasteiger partial charge is 0.491 e. The van der Waals surface area contributed by atoms with E-state index < -0.39 is 11.7 Å². The molecule has 0 aliphatic carbocycles. The van der Waals surface area contributed by atoms with Gasteiger partial charge in [0, 0.05) is 32.1 Å². The molecule has 1 amide bonds. The molecule has 8 nitrogen and oxygen atoms in total. The molecule has 2 aromatic rings. The van der Waals surface area contributed by atoms with Gasteiger partial charge in [-0.15, -0.1) is 0 Å². The maximum atomic E-state index is 11.8. The molecule has 0 saturated heterocycles. The maximum absolute atomic E-state index is 11.8. The fraction of sp³-hybridized carbons (Fsp3) is 0.579. The summed E-state index contributed by atoms with van der Waals surface area (Å²) in [5.74, 6) is 0.664. The van der Waals surface area contributed by atoms with Crippen molar-refractivity contribution in [2.45, 2.75) is 45.9 Å². The number of nitrogens with zero attached hydrogens (tertiary/aromatic N) is 2. The maximum Gasteiger partial charge on any atom is 0.407 e. The van der Waals surface area contributed by atoms with Crippen molar-refractivity contribution >= 4 is 17.0 Å². The van der Waals surface area contributed by atoms with Crippen LogP contribution in [0.4, 0.5) is 4.79 Å². The van der Waals surface area contributed by atoms with Gasteiger partial charge in [-0.3, -0.25) is 4.68 Å². The lowest BCUT2D eigenvalue weighted by atomic mass is 10.2. The Bertz CT molecular complexity index is 752. The van der Waals surface area contributed by atoms with E-state index in [-0.39, 0.29) is 6.61 Å². The number of hydrogen-bond acceptors (Lipinski definition) is 6. The minimum Gasteiger partial charge on any atom is -0.491 e. The van der Waals surface area contributed by atoms with E-state index in [0.717, 1.165) is 11.8 Å². The molecule has 0 unspecified atom stereocenters. The summed E-state index contributed by atoms with van der Waals surface area (Å²) in [6, 6.07) is 5.62. The van der Waals surface area contributed by atoms with Crippen molar-refractivity contribution < 1.29 is 24.1 Å². The zero-order chi connectivity index (χ0) is 19.9. The molecule has 0 radical (unpaired) electrons. The number of aliphatic hydroxyl groups is 1. The minimum absolute atomic E-state index is 0.157. The van der Waals surface area contributed by atoms with Gasteiger partial charge in [-0.05, 0) is 26.8 Å². The summed E-state index contributed by atoms with van der Waals surface area (Å²) in [5.41, 5.74) is 0.824. The number of fused-ring (bicyclic) bond motifs is 1. The van der Waals surface area contributed by atoms with Gasteiger partial charge in [-0.2, -0.15) is 5.10 Å². The normalized spacial score (nSPS) is 11.6. The van der Waals surface area contributed by atoms with E-state index in [4.69, 9.17) is 14.2 Å². The van der Waals surface area contributed by atoms with Crippen LogP contribution >= 0.6 is 0 Å². The standard InChI is InChI=1S/C19H29N3O5/c1-19(2,3)27-18(24)20-9-10-22-15(13-23)14-7-5-8-16(17(14)21-22)26-12-6-11-25-4/h5,7-8,23H,6,9-13H2,1-4H3,(H,20,24). The van der Waals surface area contributed by atoms with E-state index in [1.807, 2.05) is 39.0 Å². The van der Waals surface area contributed by atoms with Gasteiger partial charge < -0.3 is 24.6 Å². The molecule has 0 aliphatic rings. The number of aliphatic hydroxyl groups excluding tert-OH is 1. The average molecular weight is 379 g/mol. The first-order valence-electron chi connectivity index (χ1n) is 9.03. The highest BCUT2D eigenvalue weighted by molar-refractivity contribution is 5.87. The molecule has 0 fully saturated rings. The van der Waals surface area contributed by atoms with Gasteiger partial charge in [0.05, 0.1) is 25.5 Å². The Morgan fingerprint density at radius 3 is 2.74 bits per heavy atom. The smallest absolute Gasteiger partial charge is 0.407 e. The van der Waals surface area contributed by atoms with Crippen molar-refractivity contribution in [2.75, 3.05) is 26.9 Å². The van der Waals surface area contributed by atoms with Gasteiger partial charge in [0.15, 0.2) is 0 Å². The Hall–Kier alpha value is -2.32. The molecule has 2 rings (SSSR count). The highest BCUT2D eigenvalue weighted by atomic mass is 16.6. The van der Waals surface area contributed by atoms with Gasteiger partial charge in [-0.1, -0.05) is 12.1 Å². The van der Waals surface area contributed by atoms with Gasteiger partial charge in [0.25, 0.3) is 0 Å². The molecular weight excluding hydrogens is 350 g/mol. The molecule has 1 heterocycles. The zero-order valence-corrected chi connectivity index (χ0v) is 16.4. The first-order valence-corrected chi connectivity index (χ1v) is 9.03. The molecule has 0 aliphatic heterocycles. The lowest BCUT2D eigenvalue weighted by Gasteiger charge is -2.19. The number of aromatic nitrogens is 2. The quantitative estimate of drug-likeness (QED) is 0.650. The predicted molar refractivity (Wildman–Crippen MR) is 102 cm³/mol. The number of amides is 1. The van der Waals surface area contributed by atoms with Crippen LogP contribution in [0, 0.1) is 0 Å². The third kappa shape index (κ3) is 6.11. The van der Waals surface area contributed by atoms with Crippen LogP contribution < -0.4 is 10.1 Å². The number of benzene rings is 1. The summed E-state index contributed by atoms with van der Waals surface area (Å²) in [4.78, 5) is 11.8. The molecule has 8 heteroatoms. The van der Waals surface area contributed by atoms with E-state index in [2.05, 4.69) is 10.4 Å². The SMILES string of the molecule is COCCCOc1cccc2c(CO)n(CCNC(=O)OC(C)(C)C)nc12. The van der Waals surface area contributed by atoms with Crippen LogP contribution in [0.1, 0.15) is 32.9 Å². The summed E-state index contributed by atoms with van der Waals surface area (Å²) in [5, 5.41) is 17.9. The summed E-state index contributed by atoms with van der Waals surface area (Å²) < 4.78 is 17.7. The summed E-state index contributed by atoms with van der Waals surface area (Å²) in [6.45, 7) is 7.17. The number of rotatable bonds is 9. The molecule has 0 spiro atoms.